The number of unbranched alkanes of at least 4 members (excludes halogenated alkanes) is 1. The van der Waals surface area contributed by atoms with Crippen LogP contribution in [0.25, 0.3) is 6.08 Å². The number of benzene rings is 1. The van der Waals surface area contributed by atoms with E-state index in [1.54, 1.807) is 0 Å². The molecular weight excluding hydrogens is 208 g/mol. The molecule has 0 saturated carbocycles. The number of allylic oxidation sites excluding steroid dienone is 2. The zero-order chi connectivity index (χ0) is 12.3. The molecular formula is C16H20O. The van der Waals surface area contributed by atoms with Crippen LogP contribution in [0.5, 0.6) is 0 Å². The average Bonchev–Trinajstić information content (AvgIpc) is 2.37. The van der Waals surface area contributed by atoms with Crippen LogP contribution in [0.15, 0.2) is 48.6 Å². The summed E-state index contributed by atoms with van der Waals surface area (Å²) in [4.78, 5) is 10.3. The minimum absolute atomic E-state index is 0.653. The highest BCUT2D eigenvalue weighted by atomic mass is 16.1. The molecule has 0 spiro atoms. The highest BCUT2D eigenvalue weighted by Gasteiger charge is 1.98. The van der Waals surface area contributed by atoms with Gasteiger partial charge in [0, 0.05) is 6.42 Å². The molecule has 0 atom stereocenters. The fourth-order valence-corrected chi connectivity index (χ4v) is 1.75. The zero-order valence-electron chi connectivity index (χ0n) is 10.3. The van der Waals surface area contributed by atoms with Crippen LogP contribution < -0.4 is 0 Å². The summed E-state index contributed by atoms with van der Waals surface area (Å²) in [6, 6.07) is 10.3. The van der Waals surface area contributed by atoms with Crippen molar-refractivity contribution in [2.45, 2.75) is 32.1 Å². The maximum atomic E-state index is 10.3. The fraction of sp³-hybridized carbons (Fsp3) is 0.312. The third-order valence-electron chi connectivity index (χ3n) is 2.66. The largest absolute Gasteiger partial charge is 0.303 e. The second-order valence-electron chi connectivity index (χ2n) is 4.10. The van der Waals surface area contributed by atoms with Gasteiger partial charge in [0.05, 0.1) is 0 Å². The Balaban J connectivity index is 2.63. The van der Waals surface area contributed by atoms with Crippen molar-refractivity contribution in [2.24, 2.45) is 0 Å². The Morgan fingerprint density at radius 3 is 2.53 bits per heavy atom. The number of hydrogen-bond acceptors (Lipinski definition) is 1. The smallest absolute Gasteiger partial charge is 0.120 e. The van der Waals surface area contributed by atoms with Crippen LogP contribution in [0.4, 0.5) is 0 Å². The molecule has 1 aromatic carbocycles. The summed E-state index contributed by atoms with van der Waals surface area (Å²) in [5, 5.41) is 0. The van der Waals surface area contributed by atoms with Gasteiger partial charge in [-0.05, 0) is 31.2 Å². The van der Waals surface area contributed by atoms with Crippen LogP contribution in [-0.2, 0) is 4.79 Å². The molecule has 0 saturated heterocycles. The molecule has 1 nitrogen and oxygen atoms in total. The number of carbonyl (C=O) groups excluding carboxylic acids is 1. The summed E-state index contributed by atoms with van der Waals surface area (Å²) in [7, 11) is 0. The van der Waals surface area contributed by atoms with Gasteiger partial charge >= 0.3 is 0 Å². The molecule has 0 aliphatic carbocycles. The lowest BCUT2D eigenvalue weighted by Crippen LogP contribution is -1.86. The minimum atomic E-state index is 0.653. The zero-order valence-corrected chi connectivity index (χ0v) is 10.3. The van der Waals surface area contributed by atoms with E-state index in [9.17, 15) is 4.79 Å². The van der Waals surface area contributed by atoms with Crippen LogP contribution >= 0.6 is 0 Å². The van der Waals surface area contributed by atoms with Crippen molar-refractivity contribution < 1.29 is 4.79 Å². The van der Waals surface area contributed by atoms with E-state index >= 15 is 0 Å². The van der Waals surface area contributed by atoms with E-state index in [1.165, 1.54) is 11.1 Å². The van der Waals surface area contributed by atoms with Crippen molar-refractivity contribution in [1.29, 1.82) is 0 Å². The first-order valence-electron chi connectivity index (χ1n) is 6.16. The molecule has 1 rings (SSSR count). The molecule has 0 fully saturated rings. The highest BCUT2D eigenvalue weighted by Crippen LogP contribution is 2.17. The maximum Gasteiger partial charge on any atom is 0.120 e. The lowest BCUT2D eigenvalue weighted by Gasteiger charge is -2.05. The molecule has 90 valence electrons. The predicted octanol–water partition coefficient (Wildman–Crippen LogP) is 4.41. The second-order valence-corrected chi connectivity index (χ2v) is 4.10. The van der Waals surface area contributed by atoms with E-state index in [0.717, 1.165) is 32.0 Å². The van der Waals surface area contributed by atoms with E-state index < -0.39 is 0 Å². The SMILES string of the molecule is C=CCC/C(=C/c1ccccc1)CCCC=O. The van der Waals surface area contributed by atoms with Gasteiger partial charge in [-0.1, -0.05) is 48.1 Å². The van der Waals surface area contributed by atoms with E-state index in [0.29, 0.717) is 6.42 Å². The molecule has 17 heavy (non-hydrogen) atoms. The van der Waals surface area contributed by atoms with Crippen LogP contribution in [0, 0.1) is 0 Å². The molecule has 1 heteroatoms. The molecule has 1 aromatic rings. The van der Waals surface area contributed by atoms with E-state index in [1.807, 2.05) is 24.3 Å². The topological polar surface area (TPSA) is 17.1 Å². The number of hydrogen-bond donors (Lipinski definition) is 0. The number of rotatable bonds is 8. The van der Waals surface area contributed by atoms with E-state index in [4.69, 9.17) is 0 Å². The molecule has 0 amide bonds. The molecule has 0 bridgehead atoms. The fourth-order valence-electron chi connectivity index (χ4n) is 1.75. The lowest BCUT2D eigenvalue weighted by molar-refractivity contribution is -0.107. The molecule has 0 radical (unpaired) electrons. The molecule has 0 unspecified atom stereocenters. The Morgan fingerprint density at radius 2 is 1.88 bits per heavy atom. The Hall–Kier alpha value is -1.63. The highest BCUT2D eigenvalue weighted by molar-refractivity contribution is 5.53. The molecule has 0 aliphatic rings. The van der Waals surface area contributed by atoms with Crippen LogP contribution in [-0.4, -0.2) is 6.29 Å². The van der Waals surface area contributed by atoms with Crippen LogP contribution in [0.3, 0.4) is 0 Å². The first-order chi connectivity index (χ1) is 8.36. The Bertz CT molecular complexity index is 362. The van der Waals surface area contributed by atoms with Gasteiger partial charge in [-0.3, -0.25) is 0 Å². The lowest BCUT2D eigenvalue weighted by atomic mass is 10.0. The summed E-state index contributed by atoms with van der Waals surface area (Å²) in [6.07, 6.45) is 9.80. The quantitative estimate of drug-likeness (QED) is 0.366. The third-order valence-corrected chi connectivity index (χ3v) is 2.66. The Morgan fingerprint density at radius 1 is 1.12 bits per heavy atom. The normalized spacial score (nSPS) is 11.2. The van der Waals surface area contributed by atoms with E-state index in [-0.39, 0.29) is 0 Å². The molecule has 0 aliphatic heterocycles. The summed E-state index contributed by atoms with van der Waals surface area (Å²) < 4.78 is 0. The number of carbonyl (C=O) groups is 1. The van der Waals surface area contributed by atoms with Crippen molar-refractivity contribution in [3.8, 4) is 0 Å². The van der Waals surface area contributed by atoms with Gasteiger partial charge in [-0.2, -0.15) is 0 Å². The molecule has 0 N–H and O–H groups in total. The first-order valence-corrected chi connectivity index (χ1v) is 6.16. The maximum absolute atomic E-state index is 10.3. The first kappa shape index (κ1) is 13.4. The minimum Gasteiger partial charge on any atom is -0.303 e. The predicted molar refractivity (Wildman–Crippen MR) is 73.8 cm³/mol. The Kier molecular flexibility index (Phi) is 6.73. The Labute approximate surface area is 104 Å². The van der Waals surface area contributed by atoms with E-state index in [2.05, 4.69) is 24.8 Å². The summed E-state index contributed by atoms with van der Waals surface area (Å²) in [5.41, 5.74) is 2.63. The third kappa shape index (κ3) is 5.86. The van der Waals surface area contributed by atoms with Crippen LogP contribution in [0.2, 0.25) is 0 Å². The van der Waals surface area contributed by atoms with Gasteiger partial charge in [-0.25, -0.2) is 0 Å². The van der Waals surface area contributed by atoms with Gasteiger partial charge in [0.25, 0.3) is 0 Å². The van der Waals surface area contributed by atoms with Crippen molar-refractivity contribution in [2.75, 3.05) is 0 Å². The monoisotopic (exact) mass is 228 g/mol. The average molecular weight is 228 g/mol. The summed E-state index contributed by atoms with van der Waals surface area (Å²) >= 11 is 0. The van der Waals surface area contributed by atoms with Crippen molar-refractivity contribution in [1.82, 2.24) is 0 Å². The van der Waals surface area contributed by atoms with Gasteiger partial charge in [-0.15, -0.1) is 6.58 Å². The van der Waals surface area contributed by atoms with Gasteiger partial charge in [0.2, 0.25) is 0 Å². The number of aldehydes is 1. The standard InChI is InChI=1S/C16H20O/c1-2-3-9-15(12-7-8-13-17)14-16-10-5-4-6-11-16/h2,4-6,10-11,13-14H,1,3,7-9,12H2/b15-14-. The molecule has 0 heterocycles. The van der Waals surface area contributed by atoms with Crippen molar-refractivity contribution in [3.63, 3.8) is 0 Å². The van der Waals surface area contributed by atoms with Crippen molar-refractivity contribution in [3.05, 3.63) is 54.1 Å². The van der Waals surface area contributed by atoms with Crippen molar-refractivity contribution >= 4 is 12.4 Å². The van der Waals surface area contributed by atoms with Gasteiger partial charge in [0.15, 0.2) is 0 Å². The summed E-state index contributed by atoms with van der Waals surface area (Å²) in [6.45, 7) is 3.75. The van der Waals surface area contributed by atoms with Gasteiger partial charge in [0.1, 0.15) is 6.29 Å². The summed E-state index contributed by atoms with van der Waals surface area (Å²) in [5.74, 6) is 0. The van der Waals surface area contributed by atoms with Crippen LogP contribution in [0.1, 0.15) is 37.7 Å². The second kappa shape index (κ2) is 8.51. The van der Waals surface area contributed by atoms with Gasteiger partial charge < -0.3 is 4.79 Å². The molecule has 0 aromatic heterocycles.